The highest BCUT2D eigenvalue weighted by molar-refractivity contribution is 6.10. The SMILES string of the molecule is O=C(c1cccc2c(-c3cccc(O)c3)cccc12)N1CCC(N2CCCC2)CC1. The zero-order valence-electron chi connectivity index (χ0n) is 17.3. The van der Waals surface area contributed by atoms with Crippen molar-refractivity contribution in [2.75, 3.05) is 26.2 Å². The van der Waals surface area contributed by atoms with Gasteiger partial charge in [0, 0.05) is 24.7 Å². The van der Waals surface area contributed by atoms with Crippen LogP contribution in [0.25, 0.3) is 21.9 Å². The Hall–Kier alpha value is -2.85. The van der Waals surface area contributed by atoms with Gasteiger partial charge >= 0.3 is 0 Å². The smallest absolute Gasteiger partial charge is 0.254 e. The third kappa shape index (κ3) is 3.56. The van der Waals surface area contributed by atoms with Gasteiger partial charge in [0.15, 0.2) is 0 Å². The van der Waals surface area contributed by atoms with Crippen molar-refractivity contribution in [3.8, 4) is 16.9 Å². The molecule has 5 rings (SSSR count). The van der Waals surface area contributed by atoms with Crippen LogP contribution in [0.15, 0.2) is 60.7 Å². The summed E-state index contributed by atoms with van der Waals surface area (Å²) in [7, 11) is 0. The second kappa shape index (κ2) is 8.11. The number of hydrogen-bond donors (Lipinski definition) is 1. The highest BCUT2D eigenvalue weighted by Crippen LogP contribution is 2.33. The van der Waals surface area contributed by atoms with Crippen LogP contribution >= 0.6 is 0 Å². The molecule has 2 saturated heterocycles. The lowest BCUT2D eigenvalue weighted by molar-refractivity contribution is 0.0646. The van der Waals surface area contributed by atoms with Crippen molar-refractivity contribution in [1.82, 2.24) is 9.80 Å². The first-order chi connectivity index (χ1) is 14.7. The van der Waals surface area contributed by atoms with E-state index in [4.69, 9.17) is 0 Å². The molecule has 0 bridgehead atoms. The number of carbonyl (C=O) groups excluding carboxylic acids is 1. The summed E-state index contributed by atoms with van der Waals surface area (Å²) >= 11 is 0. The molecular weight excluding hydrogens is 372 g/mol. The highest BCUT2D eigenvalue weighted by Gasteiger charge is 2.29. The van der Waals surface area contributed by atoms with Crippen molar-refractivity contribution in [3.63, 3.8) is 0 Å². The zero-order chi connectivity index (χ0) is 20.5. The van der Waals surface area contributed by atoms with Gasteiger partial charge in [0.2, 0.25) is 0 Å². The summed E-state index contributed by atoms with van der Waals surface area (Å²) in [5.41, 5.74) is 2.76. The second-order valence-corrected chi connectivity index (χ2v) is 8.52. The van der Waals surface area contributed by atoms with Gasteiger partial charge in [-0.25, -0.2) is 0 Å². The van der Waals surface area contributed by atoms with Crippen molar-refractivity contribution < 1.29 is 9.90 Å². The molecule has 0 atom stereocenters. The summed E-state index contributed by atoms with van der Waals surface area (Å²) in [5.74, 6) is 0.381. The molecule has 154 valence electrons. The summed E-state index contributed by atoms with van der Waals surface area (Å²) < 4.78 is 0. The fourth-order valence-electron chi connectivity index (χ4n) is 5.13. The monoisotopic (exact) mass is 400 g/mol. The molecule has 0 spiro atoms. The fourth-order valence-corrected chi connectivity index (χ4v) is 5.13. The van der Waals surface area contributed by atoms with Gasteiger partial charge in [0.25, 0.3) is 5.91 Å². The molecule has 2 aliphatic heterocycles. The van der Waals surface area contributed by atoms with Gasteiger partial charge in [-0.15, -0.1) is 0 Å². The molecule has 0 saturated carbocycles. The molecule has 0 radical (unpaired) electrons. The van der Waals surface area contributed by atoms with E-state index in [0.29, 0.717) is 6.04 Å². The minimum atomic E-state index is 0.133. The van der Waals surface area contributed by atoms with Gasteiger partial charge in [-0.05, 0) is 78.9 Å². The van der Waals surface area contributed by atoms with Crippen LogP contribution in [0.1, 0.15) is 36.0 Å². The first-order valence-corrected chi connectivity index (χ1v) is 11.1. The molecule has 0 unspecified atom stereocenters. The normalized spacial score (nSPS) is 18.2. The number of piperidine rings is 1. The Kier molecular flexibility index (Phi) is 5.17. The largest absolute Gasteiger partial charge is 0.508 e. The average Bonchev–Trinajstić information content (AvgIpc) is 3.33. The number of aromatic hydroxyl groups is 1. The lowest BCUT2D eigenvalue weighted by atomic mass is 9.94. The molecular formula is C26H28N2O2. The molecule has 3 aromatic carbocycles. The Bertz CT molecular complexity index is 1060. The number of phenols is 1. The first kappa shape index (κ1) is 19.1. The summed E-state index contributed by atoms with van der Waals surface area (Å²) in [6.07, 6.45) is 4.78. The van der Waals surface area contributed by atoms with Crippen LogP contribution in [-0.4, -0.2) is 53.0 Å². The summed E-state index contributed by atoms with van der Waals surface area (Å²) in [5, 5.41) is 11.9. The minimum absolute atomic E-state index is 0.133. The maximum absolute atomic E-state index is 13.4. The molecule has 3 aromatic rings. The number of hydrogen-bond acceptors (Lipinski definition) is 3. The maximum Gasteiger partial charge on any atom is 0.254 e. The number of likely N-dealkylation sites (tertiary alicyclic amines) is 2. The van der Waals surface area contributed by atoms with Crippen molar-refractivity contribution in [1.29, 1.82) is 0 Å². The molecule has 1 N–H and O–H groups in total. The fraction of sp³-hybridized carbons (Fsp3) is 0.346. The number of nitrogens with zero attached hydrogens (tertiary/aromatic N) is 2. The van der Waals surface area contributed by atoms with Crippen molar-refractivity contribution in [3.05, 3.63) is 66.2 Å². The van der Waals surface area contributed by atoms with Crippen LogP contribution in [0, 0.1) is 0 Å². The molecule has 4 nitrogen and oxygen atoms in total. The summed E-state index contributed by atoms with van der Waals surface area (Å²) in [6, 6.07) is 20.0. The Morgan fingerprint density at radius 2 is 1.53 bits per heavy atom. The predicted molar refractivity (Wildman–Crippen MR) is 121 cm³/mol. The number of amides is 1. The molecule has 0 aromatic heterocycles. The second-order valence-electron chi connectivity index (χ2n) is 8.52. The molecule has 4 heteroatoms. The van der Waals surface area contributed by atoms with Crippen molar-refractivity contribution in [2.24, 2.45) is 0 Å². The molecule has 2 aliphatic rings. The van der Waals surface area contributed by atoms with Crippen molar-refractivity contribution in [2.45, 2.75) is 31.7 Å². The van der Waals surface area contributed by atoms with Gasteiger partial charge in [-0.3, -0.25) is 4.79 Å². The number of phenolic OH excluding ortho intramolecular Hbond substituents is 1. The van der Waals surface area contributed by atoms with Gasteiger partial charge in [0.05, 0.1) is 0 Å². The van der Waals surface area contributed by atoms with E-state index < -0.39 is 0 Å². The zero-order valence-corrected chi connectivity index (χ0v) is 17.3. The lowest BCUT2D eigenvalue weighted by Gasteiger charge is -2.36. The van der Waals surface area contributed by atoms with E-state index in [1.165, 1.54) is 25.9 Å². The first-order valence-electron chi connectivity index (χ1n) is 11.1. The predicted octanol–water partition coefficient (Wildman–Crippen LogP) is 4.91. The van der Waals surface area contributed by atoms with E-state index in [0.717, 1.165) is 53.4 Å². The van der Waals surface area contributed by atoms with Gasteiger partial charge in [-0.2, -0.15) is 0 Å². The lowest BCUT2D eigenvalue weighted by Crippen LogP contribution is -2.45. The van der Waals surface area contributed by atoms with Gasteiger partial charge < -0.3 is 14.9 Å². The Labute approximate surface area is 177 Å². The minimum Gasteiger partial charge on any atom is -0.508 e. The van der Waals surface area contributed by atoms with E-state index in [1.807, 2.05) is 47.4 Å². The third-order valence-corrected chi connectivity index (χ3v) is 6.72. The molecule has 1 amide bonds. The molecule has 2 fully saturated rings. The van der Waals surface area contributed by atoms with Gasteiger partial charge in [0.1, 0.15) is 5.75 Å². The third-order valence-electron chi connectivity index (χ3n) is 6.72. The number of benzene rings is 3. The van der Waals surface area contributed by atoms with E-state index in [-0.39, 0.29) is 11.7 Å². The molecule has 2 heterocycles. The molecule has 30 heavy (non-hydrogen) atoms. The Balaban J connectivity index is 1.42. The summed E-state index contributed by atoms with van der Waals surface area (Å²) in [4.78, 5) is 18.1. The average molecular weight is 401 g/mol. The maximum atomic E-state index is 13.4. The van der Waals surface area contributed by atoms with Crippen LogP contribution in [0.2, 0.25) is 0 Å². The molecule has 0 aliphatic carbocycles. The van der Waals surface area contributed by atoms with E-state index in [9.17, 15) is 9.90 Å². The van der Waals surface area contributed by atoms with Crippen molar-refractivity contribution >= 4 is 16.7 Å². The van der Waals surface area contributed by atoms with Crippen LogP contribution in [-0.2, 0) is 0 Å². The Morgan fingerprint density at radius 3 is 2.30 bits per heavy atom. The van der Waals surface area contributed by atoms with Gasteiger partial charge in [-0.1, -0.05) is 42.5 Å². The van der Waals surface area contributed by atoms with Crippen LogP contribution in [0.4, 0.5) is 0 Å². The Morgan fingerprint density at radius 1 is 0.833 bits per heavy atom. The number of rotatable bonds is 3. The van der Waals surface area contributed by atoms with Crippen LogP contribution in [0.5, 0.6) is 5.75 Å². The number of carbonyl (C=O) groups is 1. The quantitative estimate of drug-likeness (QED) is 0.679. The number of fused-ring (bicyclic) bond motifs is 1. The van der Waals surface area contributed by atoms with Crippen LogP contribution < -0.4 is 0 Å². The topological polar surface area (TPSA) is 43.8 Å². The van der Waals surface area contributed by atoms with E-state index in [2.05, 4.69) is 11.0 Å². The van der Waals surface area contributed by atoms with E-state index in [1.54, 1.807) is 12.1 Å². The summed E-state index contributed by atoms with van der Waals surface area (Å²) in [6.45, 7) is 4.12. The standard InChI is InChI=1S/C26H28N2O2/c29-21-7-3-6-19(18-21)22-8-4-10-24-23(22)9-5-11-25(24)26(30)28-16-12-20(13-17-28)27-14-1-2-15-27/h3-11,18,20,29H,1-2,12-17H2. The highest BCUT2D eigenvalue weighted by atomic mass is 16.3. The van der Waals surface area contributed by atoms with Crippen LogP contribution in [0.3, 0.4) is 0 Å². The van der Waals surface area contributed by atoms with E-state index >= 15 is 0 Å².